The Balaban J connectivity index is 1.43. The summed E-state index contributed by atoms with van der Waals surface area (Å²) in [6, 6.07) is 4.71. The summed E-state index contributed by atoms with van der Waals surface area (Å²) < 4.78 is 22.2. The van der Waals surface area contributed by atoms with Crippen molar-refractivity contribution in [1.29, 1.82) is 0 Å². The van der Waals surface area contributed by atoms with E-state index in [0.29, 0.717) is 22.8 Å². The smallest absolute Gasteiger partial charge is 0.269 e. The molecule has 1 atom stereocenters. The number of nitrogens with two attached hydrogens (primary N) is 1. The molecule has 9 nitrogen and oxygen atoms in total. The molecule has 2 fully saturated rings. The number of nitrogens with zero attached hydrogens (tertiary/aromatic N) is 3. The second-order valence-electron chi connectivity index (χ2n) is 10.3. The standard InChI is InChI=1S/C27H26FN5O4/c1-13-7-22(32-37-13)27(2,36)6-5-15-10-19-18(11-20(15)28)16-8-17(9-16)33-21(12-30-26(35)14-3-4-14)23(24(29)34)31-25(19)33/h7,10-11,14,16-17,36H,3-4,8-9,12H2,1-2H3,(H2,29,34)(H,30,35). The second-order valence-corrected chi connectivity index (χ2v) is 10.3. The van der Waals surface area contributed by atoms with E-state index in [-0.39, 0.29) is 47.3 Å². The molecule has 4 heterocycles. The van der Waals surface area contributed by atoms with Gasteiger partial charge < -0.3 is 25.2 Å². The van der Waals surface area contributed by atoms with Crippen molar-refractivity contribution >= 4 is 11.8 Å². The van der Waals surface area contributed by atoms with E-state index in [1.54, 1.807) is 19.1 Å². The molecule has 0 radical (unpaired) electrons. The molecule has 3 aromatic rings. The van der Waals surface area contributed by atoms with Crippen molar-refractivity contribution in [1.82, 2.24) is 20.0 Å². The summed E-state index contributed by atoms with van der Waals surface area (Å²) in [4.78, 5) is 29.2. The summed E-state index contributed by atoms with van der Waals surface area (Å²) in [5.41, 5.74) is 6.46. The van der Waals surface area contributed by atoms with Crippen LogP contribution in [0.1, 0.15) is 83.3 Å². The topological polar surface area (TPSA) is 136 Å². The number of aliphatic hydroxyl groups is 1. The average Bonchev–Trinajstić information content (AvgIpc) is 3.52. The first-order valence-corrected chi connectivity index (χ1v) is 12.3. The molecule has 0 saturated heterocycles. The number of carbonyl (C=O) groups excluding carboxylic acids is 2. The minimum atomic E-state index is -1.65. The number of halogens is 1. The van der Waals surface area contributed by atoms with Crippen LogP contribution in [-0.2, 0) is 16.9 Å². The molecule has 2 amide bonds. The zero-order valence-electron chi connectivity index (χ0n) is 20.5. The zero-order chi connectivity index (χ0) is 26.1. The Morgan fingerprint density at radius 2 is 2.08 bits per heavy atom. The van der Waals surface area contributed by atoms with E-state index >= 15 is 4.39 Å². The van der Waals surface area contributed by atoms with E-state index in [2.05, 4.69) is 27.3 Å². The number of carbonyl (C=O) groups is 2. The lowest BCUT2D eigenvalue weighted by Crippen LogP contribution is -2.30. The van der Waals surface area contributed by atoms with Gasteiger partial charge in [-0.2, -0.15) is 0 Å². The largest absolute Gasteiger partial charge is 0.372 e. The van der Waals surface area contributed by atoms with E-state index < -0.39 is 17.3 Å². The van der Waals surface area contributed by atoms with Crippen molar-refractivity contribution in [2.75, 3.05) is 0 Å². The highest BCUT2D eigenvalue weighted by Crippen LogP contribution is 2.53. The lowest BCUT2D eigenvalue weighted by molar-refractivity contribution is -0.122. The van der Waals surface area contributed by atoms with E-state index in [0.717, 1.165) is 31.2 Å². The molecule has 4 N–H and O–H groups in total. The zero-order valence-corrected chi connectivity index (χ0v) is 20.5. The van der Waals surface area contributed by atoms with Gasteiger partial charge in [0, 0.05) is 23.6 Å². The SMILES string of the molecule is Cc1cc(C(C)(O)C#Cc2cc3c(cc2F)C2CC(C2)n2c-3nc(C(N)=O)c2CNC(=O)C2CC2)no1. The van der Waals surface area contributed by atoms with Crippen molar-refractivity contribution in [3.63, 3.8) is 0 Å². The third kappa shape index (κ3) is 4.00. The van der Waals surface area contributed by atoms with Crippen molar-refractivity contribution < 1.29 is 23.6 Å². The number of amides is 2. The summed E-state index contributed by atoms with van der Waals surface area (Å²) in [6.07, 6.45) is 3.27. The molecule has 2 saturated carbocycles. The van der Waals surface area contributed by atoms with Crippen LogP contribution in [0.25, 0.3) is 11.4 Å². The Bertz CT molecular complexity index is 1520. The minimum Gasteiger partial charge on any atom is -0.372 e. The van der Waals surface area contributed by atoms with Crippen LogP contribution in [0, 0.1) is 30.5 Å². The van der Waals surface area contributed by atoms with Gasteiger partial charge in [-0.25, -0.2) is 9.37 Å². The van der Waals surface area contributed by atoms with Crippen LogP contribution in [0.3, 0.4) is 0 Å². The fourth-order valence-electron chi connectivity index (χ4n) is 5.19. The van der Waals surface area contributed by atoms with Gasteiger partial charge >= 0.3 is 0 Å². The quantitative estimate of drug-likeness (QED) is 0.458. The molecule has 4 aliphatic rings. The maximum Gasteiger partial charge on any atom is 0.269 e. The molecule has 37 heavy (non-hydrogen) atoms. The van der Waals surface area contributed by atoms with Gasteiger partial charge in [-0.05, 0) is 63.1 Å². The van der Waals surface area contributed by atoms with E-state index in [9.17, 15) is 14.7 Å². The average molecular weight is 504 g/mol. The Hall–Kier alpha value is -3.97. The normalized spacial score (nSPS) is 20.9. The number of imidazole rings is 1. The predicted molar refractivity (Wildman–Crippen MR) is 129 cm³/mol. The first-order chi connectivity index (χ1) is 17.6. The van der Waals surface area contributed by atoms with Crippen molar-refractivity contribution in [2.24, 2.45) is 11.7 Å². The first-order valence-electron chi connectivity index (χ1n) is 12.3. The number of hydrogen-bond donors (Lipinski definition) is 3. The van der Waals surface area contributed by atoms with E-state index in [1.165, 1.54) is 13.0 Å². The number of primary amides is 1. The van der Waals surface area contributed by atoms with Crippen LogP contribution in [0.4, 0.5) is 4.39 Å². The molecule has 2 aliphatic carbocycles. The summed E-state index contributed by atoms with van der Waals surface area (Å²) in [5, 5.41) is 17.5. The molecule has 190 valence electrons. The summed E-state index contributed by atoms with van der Waals surface area (Å²) in [6.45, 7) is 3.30. The van der Waals surface area contributed by atoms with Gasteiger partial charge in [-0.15, -0.1) is 0 Å². The van der Waals surface area contributed by atoms with Crippen molar-refractivity contribution in [2.45, 2.75) is 63.6 Å². The Morgan fingerprint density at radius 1 is 1.32 bits per heavy atom. The summed E-state index contributed by atoms with van der Waals surface area (Å²) in [5.74, 6) is 5.41. The van der Waals surface area contributed by atoms with Crippen LogP contribution in [-0.4, -0.2) is 31.6 Å². The van der Waals surface area contributed by atoms with Crippen LogP contribution < -0.4 is 11.1 Å². The van der Waals surface area contributed by atoms with Gasteiger partial charge in [-0.3, -0.25) is 9.59 Å². The third-order valence-electron chi connectivity index (χ3n) is 7.49. The molecule has 2 aliphatic heterocycles. The monoisotopic (exact) mass is 503 g/mol. The van der Waals surface area contributed by atoms with Crippen LogP contribution in [0.2, 0.25) is 0 Å². The highest BCUT2D eigenvalue weighted by molar-refractivity contribution is 5.93. The maximum absolute atomic E-state index is 15.2. The van der Waals surface area contributed by atoms with Gasteiger partial charge in [0.2, 0.25) is 5.91 Å². The van der Waals surface area contributed by atoms with Crippen LogP contribution >= 0.6 is 0 Å². The van der Waals surface area contributed by atoms with Crippen LogP contribution in [0.5, 0.6) is 0 Å². The Morgan fingerprint density at radius 3 is 2.73 bits per heavy atom. The van der Waals surface area contributed by atoms with Gasteiger partial charge in [0.15, 0.2) is 11.3 Å². The van der Waals surface area contributed by atoms with Gasteiger partial charge in [0.1, 0.15) is 23.1 Å². The number of nitrogens with one attached hydrogen (secondary N) is 1. The molecule has 2 bridgehead atoms. The third-order valence-corrected chi connectivity index (χ3v) is 7.49. The minimum absolute atomic E-state index is 0.0276. The number of aromatic nitrogens is 3. The van der Waals surface area contributed by atoms with Gasteiger partial charge in [-0.1, -0.05) is 17.0 Å². The summed E-state index contributed by atoms with van der Waals surface area (Å²) >= 11 is 0. The molecule has 1 aromatic carbocycles. The second kappa shape index (κ2) is 8.28. The first kappa shape index (κ1) is 23.4. The molecular weight excluding hydrogens is 477 g/mol. The van der Waals surface area contributed by atoms with E-state index in [4.69, 9.17) is 10.3 Å². The van der Waals surface area contributed by atoms with Crippen LogP contribution in [0.15, 0.2) is 22.7 Å². The molecule has 10 heteroatoms. The number of hydrogen-bond acceptors (Lipinski definition) is 6. The molecule has 1 unspecified atom stereocenters. The van der Waals surface area contributed by atoms with Gasteiger partial charge in [0.05, 0.1) is 17.8 Å². The lowest BCUT2D eigenvalue weighted by Gasteiger charge is -2.35. The fourth-order valence-corrected chi connectivity index (χ4v) is 5.19. The molecule has 0 spiro atoms. The number of rotatable bonds is 5. The molecular formula is C27H26FN5O4. The van der Waals surface area contributed by atoms with Crippen molar-refractivity contribution in [3.8, 4) is 23.2 Å². The number of aryl methyl sites for hydroxylation is 1. The molecule has 7 rings (SSSR count). The summed E-state index contributed by atoms with van der Waals surface area (Å²) in [7, 11) is 0. The van der Waals surface area contributed by atoms with Crippen molar-refractivity contribution in [3.05, 3.63) is 58.0 Å². The fraction of sp³-hybridized carbons (Fsp3) is 0.407. The Kier molecular flexibility index (Phi) is 5.24. The van der Waals surface area contributed by atoms with E-state index in [1.807, 2.05) is 4.57 Å². The number of benzene rings is 1. The highest BCUT2D eigenvalue weighted by Gasteiger charge is 2.42. The highest BCUT2D eigenvalue weighted by atomic mass is 19.1. The Labute approximate surface area is 212 Å². The lowest BCUT2D eigenvalue weighted by atomic mass is 9.75. The molecule has 2 aromatic heterocycles. The predicted octanol–water partition coefficient (Wildman–Crippen LogP) is 2.80. The van der Waals surface area contributed by atoms with Gasteiger partial charge in [0.25, 0.3) is 5.91 Å². The maximum atomic E-state index is 15.2.